The molecule has 24 heavy (non-hydrogen) atoms. The van der Waals surface area contributed by atoms with Crippen LogP contribution in [0.1, 0.15) is 22.8 Å². The maximum Gasteiger partial charge on any atom is 0.338 e. The number of hydrogen-bond acceptors (Lipinski definition) is 4. The van der Waals surface area contributed by atoms with Crippen molar-refractivity contribution < 1.29 is 19.0 Å². The zero-order valence-electron chi connectivity index (χ0n) is 13.5. The normalized spacial score (nSPS) is 10.1. The Labute approximate surface area is 150 Å². The predicted octanol–water partition coefficient (Wildman–Crippen LogP) is 4.77. The molecule has 2 aromatic rings. The van der Waals surface area contributed by atoms with Gasteiger partial charge in [0.1, 0.15) is 13.2 Å². The van der Waals surface area contributed by atoms with E-state index in [1.54, 1.807) is 18.2 Å². The summed E-state index contributed by atoms with van der Waals surface area (Å²) in [6.45, 7) is 6.44. The first-order valence-electron chi connectivity index (χ1n) is 7.56. The summed E-state index contributed by atoms with van der Waals surface area (Å²) in [6, 6.07) is 12.9. The van der Waals surface area contributed by atoms with Gasteiger partial charge in [0.05, 0.1) is 12.2 Å². The van der Waals surface area contributed by atoms with Gasteiger partial charge in [-0.25, -0.2) is 4.79 Å². The molecule has 0 aliphatic heterocycles. The van der Waals surface area contributed by atoms with Crippen LogP contribution in [0.4, 0.5) is 0 Å². The van der Waals surface area contributed by atoms with Crippen molar-refractivity contribution in [3.05, 3.63) is 70.7 Å². The van der Waals surface area contributed by atoms with Gasteiger partial charge in [0.25, 0.3) is 0 Å². The number of hydrogen-bond donors (Lipinski definition) is 0. The second kappa shape index (κ2) is 9.13. The van der Waals surface area contributed by atoms with Gasteiger partial charge in [-0.2, -0.15) is 0 Å². The first kappa shape index (κ1) is 18.1. The smallest absolute Gasteiger partial charge is 0.338 e. The Morgan fingerprint density at radius 3 is 2.71 bits per heavy atom. The zero-order chi connectivity index (χ0) is 17.4. The molecule has 0 bridgehead atoms. The van der Waals surface area contributed by atoms with E-state index in [4.69, 9.17) is 14.2 Å². The number of esters is 1. The van der Waals surface area contributed by atoms with E-state index in [0.29, 0.717) is 30.3 Å². The molecule has 0 radical (unpaired) electrons. The molecular formula is C19H19BrO4. The van der Waals surface area contributed by atoms with E-state index in [9.17, 15) is 4.79 Å². The van der Waals surface area contributed by atoms with Crippen molar-refractivity contribution >= 4 is 21.9 Å². The molecule has 0 atom stereocenters. The molecule has 2 aromatic carbocycles. The molecule has 0 N–H and O–H groups in total. The highest BCUT2D eigenvalue weighted by Crippen LogP contribution is 2.29. The highest BCUT2D eigenvalue weighted by atomic mass is 79.9. The van der Waals surface area contributed by atoms with Crippen molar-refractivity contribution in [1.82, 2.24) is 0 Å². The molecule has 4 nitrogen and oxygen atoms in total. The molecule has 0 heterocycles. The Kier molecular flexibility index (Phi) is 6.88. The maximum atomic E-state index is 11.9. The van der Waals surface area contributed by atoms with Crippen LogP contribution in [0.25, 0.3) is 0 Å². The van der Waals surface area contributed by atoms with Crippen LogP contribution in [0.3, 0.4) is 0 Å². The minimum absolute atomic E-state index is 0.171. The average Bonchev–Trinajstić information content (AvgIpc) is 2.59. The van der Waals surface area contributed by atoms with Crippen LogP contribution < -0.4 is 9.47 Å². The third-order valence-corrected chi connectivity index (χ3v) is 3.59. The molecule has 2 rings (SSSR count). The topological polar surface area (TPSA) is 44.8 Å². The van der Waals surface area contributed by atoms with E-state index in [0.717, 1.165) is 10.0 Å². The molecule has 0 fully saturated rings. The lowest BCUT2D eigenvalue weighted by molar-refractivity contribution is 0.0549. The second-order valence-corrected chi connectivity index (χ2v) is 5.82. The number of ether oxygens (including phenoxy) is 3. The number of halogens is 1. The molecule has 0 saturated heterocycles. The highest BCUT2D eigenvalue weighted by Gasteiger charge is 2.12. The summed E-state index contributed by atoms with van der Waals surface area (Å²) in [6.07, 6.45) is 1.52. The van der Waals surface area contributed by atoms with E-state index in [2.05, 4.69) is 22.5 Å². The summed E-state index contributed by atoms with van der Waals surface area (Å²) in [5.41, 5.74) is 1.44. The molecule has 0 saturated carbocycles. The predicted molar refractivity (Wildman–Crippen MR) is 96.6 cm³/mol. The third kappa shape index (κ3) is 5.13. The number of rotatable bonds is 8. The summed E-state index contributed by atoms with van der Waals surface area (Å²) in [4.78, 5) is 11.9. The van der Waals surface area contributed by atoms with E-state index in [1.165, 1.54) is 6.08 Å². The van der Waals surface area contributed by atoms with Crippen LogP contribution >= 0.6 is 15.9 Å². The first-order chi connectivity index (χ1) is 11.6. The summed E-state index contributed by atoms with van der Waals surface area (Å²) in [5.74, 6) is 0.673. The minimum atomic E-state index is -0.422. The zero-order valence-corrected chi connectivity index (χ0v) is 15.0. The Morgan fingerprint density at radius 1 is 1.17 bits per heavy atom. The van der Waals surface area contributed by atoms with E-state index >= 15 is 0 Å². The second-order valence-electron chi connectivity index (χ2n) is 4.90. The monoisotopic (exact) mass is 390 g/mol. The molecule has 0 aliphatic rings. The van der Waals surface area contributed by atoms with Gasteiger partial charge in [0.2, 0.25) is 0 Å². The molecule has 0 unspecified atom stereocenters. The molecule has 0 amide bonds. The standard InChI is InChI=1S/C19H19BrO4/c1-3-10-23-19(21)15-8-9-17(18(12-15)22-4-2)24-13-14-6-5-7-16(20)11-14/h3,5-9,11-12H,1,4,10,13H2,2H3. The Hall–Kier alpha value is -2.27. The molecular weight excluding hydrogens is 372 g/mol. The Bertz CT molecular complexity index is 712. The Morgan fingerprint density at radius 2 is 2.00 bits per heavy atom. The van der Waals surface area contributed by atoms with Crippen LogP contribution in [-0.2, 0) is 11.3 Å². The van der Waals surface area contributed by atoms with Crippen molar-refractivity contribution in [2.24, 2.45) is 0 Å². The average molecular weight is 391 g/mol. The first-order valence-corrected chi connectivity index (χ1v) is 8.35. The highest BCUT2D eigenvalue weighted by molar-refractivity contribution is 9.10. The van der Waals surface area contributed by atoms with Crippen LogP contribution in [-0.4, -0.2) is 19.2 Å². The van der Waals surface area contributed by atoms with Crippen molar-refractivity contribution in [3.8, 4) is 11.5 Å². The summed E-state index contributed by atoms with van der Waals surface area (Å²) < 4.78 is 17.4. The largest absolute Gasteiger partial charge is 0.490 e. The van der Waals surface area contributed by atoms with E-state index in [-0.39, 0.29) is 6.61 Å². The van der Waals surface area contributed by atoms with Crippen LogP contribution in [0.5, 0.6) is 11.5 Å². The van der Waals surface area contributed by atoms with Gasteiger partial charge in [0, 0.05) is 4.47 Å². The fraction of sp³-hybridized carbons (Fsp3) is 0.211. The summed E-state index contributed by atoms with van der Waals surface area (Å²) >= 11 is 3.44. The molecule has 126 valence electrons. The minimum Gasteiger partial charge on any atom is -0.490 e. The maximum absolute atomic E-state index is 11.9. The lowest BCUT2D eigenvalue weighted by atomic mass is 10.2. The quantitative estimate of drug-likeness (QED) is 0.480. The fourth-order valence-corrected chi connectivity index (χ4v) is 2.48. The molecule has 0 aromatic heterocycles. The molecule has 0 spiro atoms. The van der Waals surface area contributed by atoms with E-state index < -0.39 is 5.97 Å². The molecule has 0 aliphatic carbocycles. The van der Waals surface area contributed by atoms with Crippen LogP contribution in [0, 0.1) is 0 Å². The van der Waals surface area contributed by atoms with Gasteiger partial charge in [-0.05, 0) is 42.8 Å². The summed E-state index contributed by atoms with van der Waals surface area (Å²) in [7, 11) is 0. The van der Waals surface area contributed by atoms with Crippen molar-refractivity contribution in [2.45, 2.75) is 13.5 Å². The van der Waals surface area contributed by atoms with Gasteiger partial charge >= 0.3 is 5.97 Å². The summed E-state index contributed by atoms with van der Waals surface area (Å²) in [5, 5.41) is 0. The van der Waals surface area contributed by atoms with Crippen molar-refractivity contribution in [1.29, 1.82) is 0 Å². The third-order valence-electron chi connectivity index (χ3n) is 3.09. The van der Waals surface area contributed by atoms with E-state index in [1.807, 2.05) is 31.2 Å². The van der Waals surface area contributed by atoms with Gasteiger partial charge in [-0.3, -0.25) is 0 Å². The number of carbonyl (C=O) groups excluding carboxylic acids is 1. The Balaban J connectivity index is 2.13. The van der Waals surface area contributed by atoms with Crippen LogP contribution in [0.2, 0.25) is 0 Å². The number of benzene rings is 2. The lowest BCUT2D eigenvalue weighted by Gasteiger charge is -2.13. The van der Waals surface area contributed by atoms with Gasteiger partial charge in [-0.15, -0.1) is 0 Å². The van der Waals surface area contributed by atoms with Crippen LogP contribution in [0.15, 0.2) is 59.6 Å². The molecule has 5 heteroatoms. The van der Waals surface area contributed by atoms with Gasteiger partial charge in [0.15, 0.2) is 11.5 Å². The lowest BCUT2D eigenvalue weighted by Crippen LogP contribution is -2.06. The van der Waals surface area contributed by atoms with Gasteiger partial charge in [-0.1, -0.05) is 40.7 Å². The van der Waals surface area contributed by atoms with Crippen molar-refractivity contribution in [2.75, 3.05) is 13.2 Å². The SMILES string of the molecule is C=CCOC(=O)c1ccc(OCc2cccc(Br)c2)c(OCC)c1. The van der Waals surface area contributed by atoms with Crippen molar-refractivity contribution in [3.63, 3.8) is 0 Å². The number of carbonyl (C=O) groups is 1. The van der Waals surface area contributed by atoms with Gasteiger partial charge < -0.3 is 14.2 Å². The fourth-order valence-electron chi connectivity index (χ4n) is 2.03.